The highest BCUT2D eigenvalue weighted by molar-refractivity contribution is 5.92. The molecule has 0 radical (unpaired) electrons. The van der Waals surface area contributed by atoms with Crippen molar-refractivity contribution in [2.24, 2.45) is 4.99 Å². The van der Waals surface area contributed by atoms with E-state index in [-0.39, 0.29) is 5.82 Å². The van der Waals surface area contributed by atoms with Gasteiger partial charge in [-0.15, -0.1) is 0 Å². The van der Waals surface area contributed by atoms with E-state index in [9.17, 15) is 9.18 Å². The number of halogens is 1. The zero-order chi connectivity index (χ0) is 19.3. The van der Waals surface area contributed by atoms with Gasteiger partial charge < -0.3 is 14.4 Å². The van der Waals surface area contributed by atoms with E-state index < -0.39 is 12.2 Å². The summed E-state index contributed by atoms with van der Waals surface area (Å²) in [6.45, 7) is 3.32. The van der Waals surface area contributed by atoms with Crippen molar-refractivity contribution in [3.8, 4) is 0 Å². The second kappa shape index (κ2) is 8.39. The van der Waals surface area contributed by atoms with Gasteiger partial charge in [-0.1, -0.05) is 30.3 Å². The first-order valence-electron chi connectivity index (χ1n) is 9.35. The fourth-order valence-electron chi connectivity index (χ4n) is 3.36. The molecule has 0 aromatic heterocycles. The Morgan fingerprint density at radius 1 is 1.14 bits per heavy atom. The van der Waals surface area contributed by atoms with Gasteiger partial charge in [-0.2, -0.15) is 0 Å². The number of carbonyl (C=O) groups excluding carboxylic acids is 1. The number of anilines is 2. The van der Waals surface area contributed by atoms with E-state index in [1.165, 1.54) is 11.0 Å². The number of aliphatic imine (C=N–C) groups is 1. The Hall–Kier alpha value is -2.93. The molecule has 2 aromatic rings. The summed E-state index contributed by atoms with van der Waals surface area (Å²) in [5.74, 6) is -0.353. The fourth-order valence-corrected chi connectivity index (χ4v) is 3.36. The van der Waals surface area contributed by atoms with Crippen LogP contribution in [-0.4, -0.2) is 51.3 Å². The number of benzene rings is 2. The molecule has 2 saturated heterocycles. The molecule has 6 nitrogen and oxygen atoms in total. The molecule has 7 heteroatoms. The van der Waals surface area contributed by atoms with Crippen molar-refractivity contribution >= 4 is 23.7 Å². The number of carbonyl (C=O) groups is 1. The Morgan fingerprint density at radius 3 is 2.68 bits per heavy atom. The highest BCUT2D eigenvalue weighted by Gasteiger charge is 2.32. The Bertz CT molecular complexity index is 853. The molecule has 146 valence electrons. The third kappa shape index (κ3) is 4.14. The molecule has 0 N–H and O–H groups in total. The van der Waals surface area contributed by atoms with Gasteiger partial charge in [-0.3, -0.25) is 9.89 Å². The second-order valence-electron chi connectivity index (χ2n) is 6.74. The van der Waals surface area contributed by atoms with Crippen molar-refractivity contribution < 1.29 is 18.7 Å². The highest BCUT2D eigenvalue weighted by atomic mass is 19.1. The number of morpholine rings is 1. The lowest BCUT2D eigenvalue weighted by atomic mass is 10.2. The Balaban J connectivity index is 1.40. The molecule has 0 aliphatic carbocycles. The Labute approximate surface area is 163 Å². The number of nitrogens with zero attached hydrogens (tertiary/aromatic N) is 3. The van der Waals surface area contributed by atoms with Crippen molar-refractivity contribution in [1.29, 1.82) is 0 Å². The normalized spacial score (nSPS) is 20.0. The minimum absolute atomic E-state index is 0.313. The van der Waals surface area contributed by atoms with Gasteiger partial charge in [-0.25, -0.2) is 9.18 Å². The van der Waals surface area contributed by atoms with E-state index in [1.807, 2.05) is 35.2 Å². The van der Waals surface area contributed by atoms with Gasteiger partial charge in [0.2, 0.25) is 0 Å². The molecular formula is C21H22FN3O3. The molecule has 1 atom stereocenters. The van der Waals surface area contributed by atoms with E-state index in [2.05, 4.69) is 4.99 Å². The largest absolute Gasteiger partial charge is 0.438 e. The average Bonchev–Trinajstić information content (AvgIpc) is 3.10. The maximum Gasteiger partial charge on any atom is 0.415 e. The number of cyclic esters (lactones) is 1. The monoisotopic (exact) mass is 383 g/mol. The molecular weight excluding hydrogens is 361 g/mol. The Kier molecular flexibility index (Phi) is 5.53. The summed E-state index contributed by atoms with van der Waals surface area (Å²) in [5.41, 5.74) is 2.10. The number of rotatable bonds is 5. The number of amides is 1. The first-order chi connectivity index (χ1) is 13.7. The molecule has 2 aromatic carbocycles. The maximum absolute atomic E-state index is 14.6. The second-order valence-corrected chi connectivity index (χ2v) is 6.74. The van der Waals surface area contributed by atoms with Crippen LogP contribution in [0.1, 0.15) is 5.56 Å². The van der Waals surface area contributed by atoms with Gasteiger partial charge in [0.1, 0.15) is 5.82 Å². The van der Waals surface area contributed by atoms with Crippen LogP contribution in [0.15, 0.2) is 53.5 Å². The molecule has 0 bridgehead atoms. The van der Waals surface area contributed by atoms with Crippen LogP contribution >= 0.6 is 0 Å². The van der Waals surface area contributed by atoms with Gasteiger partial charge in [-0.05, 0) is 23.8 Å². The zero-order valence-electron chi connectivity index (χ0n) is 15.5. The first-order valence-corrected chi connectivity index (χ1v) is 9.35. The van der Waals surface area contributed by atoms with Crippen LogP contribution in [-0.2, 0) is 16.0 Å². The van der Waals surface area contributed by atoms with Gasteiger partial charge in [0.25, 0.3) is 0 Å². The van der Waals surface area contributed by atoms with Crippen LogP contribution in [0.2, 0.25) is 0 Å². The summed E-state index contributed by atoms with van der Waals surface area (Å²) in [6, 6.07) is 14.7. The van der Waals surface area contributed by atoms with Crippen LogP contribution in [0.25, 0.3) is 0 Å². The first kappa shape index (κ1) is 18.4. The lowest BCUT2D eigenvalue weighted by molar-refractivity contribution is 0.122. The van der Waals surface area contributed by atoms with E-state index >= 15 is 0 Å². The van der Waals surface area contributed by atoms with Crippen LogP contribution in [0.3, 0.4) is 0 Å². The zero-order valence-corrected chi connectivity index (χ0v) is 15.5. The maximum atomic E-state index is 14.6. The van der Waals surface area contributed by atoms with E-state index in [4.69, 9.17) is 9.47 Å². The SMILES string of the molecule is O=C1OC(C=NCc2ccccc2)CN1c1ccc(N2CCOCC2)c(F)c1. The van der Waals surface area contributed by atoms with Crippen molar-refractivity contribution in [3.05, 3.63) is 59.9 Å². The average molecular weight is 383 g/mol. The van der Waals surface area contributed by atoms with Crippen LogP contribution in [0.5, 0.6) is 0 Å². The summed E-state index contributed by atoms with van der Waals surface area (Å²) >= 11 is 0. The van der Waals surface area contributed by atoms with E-state index in [0.29, 0.717) is 50.8 Å². The predicted molar refractivity (Wildman–Crippen MR) is 106 cm³/mol. The summed E-state index contributed by atoms with van der Waals surface area (Å²) in [5, 5.41) is 0. The van der Waals surface area contributed by atoms with Crippen LogP contribution in [0.4, 0.5) is 20.6 Å². The van der Waals surface area contributed by atoms with Gasteiger partial charge in [0.05, 0.1) is 37.7 Å². The molecule has 0 saturated carbocycles. The van der Waals surface area contributed by atoms with Gasteiger partial charge in [0, 0.05) is 19.3 Å². The molecule has 1 unspecified atom stereocenters. The standard InChI is InChI=1S/C21H22FN3O3/c22-19-12-17(6-7-20(19)24-8-10-27-11-9-24)25-15-18(28-21(25)26)14-23-13-16-4-2-1-3-5-16/h1-7,12,14,18H,8-11,13,15H2. The molecule has 1 amide bonds. The molecule has 2 aliphatic heterocycles. The van der Waals surface area contributed by atoms with Crippen molar-refractivity contribution in [1.82, 2.24) is 0 Å². The number of hydrogen-bond acceptors (Lipinski definition) is 5. The van der Waals surface area contributed by atoms with Crippen LogP contribution < -0.4 is 9.80 Å². The molecule has 2 heterocycles. The van der Waals surface area contributed by atoms with Gasteiger partial charge in [0.15, 0.2) is 6.10 Å². The van der Waals surface area contributed by atoms with Crippen LogP contribution in [0, 0.1) is 5.82 Å². The minimum Gasteiger partial charge on any atom is -0.438 e. The third-order valence-electron chi connectivity index (χ3n) is 4.82. The quantitative estimate of drug-likeness (QED) is 0.744. The van der Waals surface area contributed by atoms with E-state index in [0.717, 1.165) is 5.56 Å². The minimum atomic E-state index is -0.491. The topological polar surface area (TPSA) is 54.4 Å². The smallest absolute Gasteiger partial charge is 0.415 e. The number of ether oxygens (including phenoxy) is 2. The number of hydrogen-bond donors (Lipinski definition) is 0. The summed E-state index contributed by atoms with van der Waals surface area (Å²) in [6.07, 6.45) is 0.705. The molecule has 0 spiro atoms. The summed E-state index contributed by atoms with van der Waals surface area (Å²) in [4.78, 5) is 20.0. The van der Waals surface area contributed by atoms with Crippen molar-refractivity contribution in [3.63, 3.8) is 0 Å². The molecule has 2 aliphatic rings. The lowest BCUT2D eigenvalue weighted by Gasteiger charge is -2.29. The summed E-state index contributed by atoms with van der Waals surface area (Å²) in [7, 11) is 0. The predicted octanol–water partition coefficient (Wildman–Crippen LogP) is 3.26. The molecule has 2 fully saturated rings. The van der Waals surface area contributed by atoms with Gasteiger partial charge >= 0.3 is 6.09 Å². The lowest BCUT2D eigenvalue weighted by Crippen LogP contribution is -2.36. The fraction of sp³-hybridized carbons (Fsp3) is 0.333. The molecule has 28 heavy (non-hydrogen) atoms. The third-order valence-corrected chi connectivity index (χ3v) is 4.82. The highest BCUT2D eigenvalue weighted by Crippen LogP contribution is 2.28. The van der Waals surface area contributed by atoms with Crippen molar-refractivity contribution in [2.45, 2.75) is 12.6 Å². The van der Waals surface area contributed by atoms with Crippen molar-refractivity contribution in [2.75, 3.05) is 42.6 Å². The van der Waals surface area contributed by atoms with E-state index in [1.54, 1.807) is 18.3 Å². The summed E-state index contributed by atoms with van der Waals surface area (Å²) < 4.78 is 25.3. The Morgan fingerprint density at radius 2 is 1.93 bits per heavy atom. The molecule has 4 rings (SSSR count).